The number of sulfonamides is 1. The largest absolute Gasteiger partial charge is 0.368 e. The number of carbonyl (C=O) groups is 1. The lowest BCUT2D eigenvalue weighted by molar-refractivity contribution is -0.129. The molecule has 2 heterocycles. The van der Waals surface area contributed by atoms with Crippen LogP contribution < -0.4 is 9.21 Å². The SMILES string of the molecule is CCc1ccc2c(c1)-c1ccccc1S(=O)(=O)N2CC(=O)N1CCN(c2cccc(Cl)c2)CC1. The van der Waals surface area contributed by atoms with Crippen LogP contribution in [0.3, 0.4) is 0 Å². The maximum absolute atomic E-state index is 13.5. The second-order valence-electron chi connectivity index (χ2n) is 8.56. The summed E-state index contributed by atoms with van der Waals surface area (Å²) in [6, 6.07) is 20.5. The Morgan fingerprint density at radius 1 is 0.912 bits per heavy atom. The van der Waals surface area contributed by atoms with E-state index in [1.54, 1.807) is 17.0 Å². The molecule has 3 aromatic carbocycles. The van der Waals surface area contributed by atoms with E-state index in [9.17, 15) is 13.2 Å². The van der Waals surface area contributed by atoms with Gasteiger partial charge in [-0.25, -0.2) is 8.42 Å². The van der Waals surface area contributed by atoms with Crippen LogP contribution in [-0.2, 0) is 21.2 Å². The van der Waals surface area contributed by atoms with E-state index in [2.05, 4.69) is 11.8 Å². The Bertz CT molecular complexity index is 1350. The van der Waals surface area contributed by atoms with Gasteiger partial charge in [-0.3, -0.25) is 9.10 Å². The van der Waals surface area contributed by atoms with Crippen LogP contribution in [0.1, 0.15) is 12.5 Å². The van der Waals surface area contributed by atoms with Gasteiger partial charge in [0, 0.05) is 48.0 Å². The Morgan fingerprint density at radius 3 is 2.41 bits per heavy atom. The minimum Gasteiger partial charge on any atom is -0.368 e. The highest BCUT2D eigenvalue weighted by atomic mass is 35.5. The summed E-state index contributed by atoms with van der Waals surface area (Å²) < 4.78 is 28.4. The molecule has 0 spiro atoms. The lowest BCUT2D eigenvalue weighted by Gasteiger charge is -2.38. The first-order valence-electron chi connectivity index (χ1n) is 11.4. The van der Waals surface area contributed by atoms with Crippen LogP contribution in [0.15, 0.2) is 71.6 Å². The average Bonchev–Trinajstić information content (AvgIpc) is 2.86. The summed E-state index contributed by atoms with van der Waals surface area (Å²) in [6.45, 7) is 4.23. The first kappa shape index (κ1) is 22.7. The third-order valence-electron chi connectivity index (χ3n) is 6.57. The molecule has 0 aromatic heterocycles. The number of amides is 1. The highest BCUT2D eigenvalue weighted by Gasteiger charge is 2.37. The highest BCUT2D eigenvalue weighted by molar-refractivity contribution is 7.93. The Kier molecular flexibility index (Phi) is 6.00. The molecule has 6 nitrogen and oxygen atoms in total. The molecule has 1 saturated heterocycles. The van der Waals surface area contributed by atoms with Crippen LogP contribution in [0.25, 0.3) is 11.1 Å². The van der Waals surface area contributed by atoms with Gasteiger partial charge in [-0.05, 0) is 48.4 Å². The van der Waals surface area contributed by atoms with Gasteiger partial charge in [0.15, 0.2) is 0 Å². The first-order chi connectivity index (χ1) is 16.4. The second-order valence-corrected chi connectivity index (χ2v) is 10.8. The molecule has 0 saturated carbocycles. The number of carbonyl (C=O) groups excluding carboxylic acids is 1. The quantitative estimate of drug-likeness (QED) is 0.537. The fourth-order valence-corrected chi connectivity index (χ4v) is 6.51. The third kappa shape index (κ3) is 4.03. The molecule has 176 valence electrons. The van der Waals surface area contributed by atoms with Crippen molar-refractivity contribution < 1.29 is 13.2 Å². The molecule has 3 aromatic rings. The third-order valence-corrected chi connectivity index (χ3v) is 8.62. The zero-order valence-corrected chi connectivity index (χ0v) is 20.5. The van der Waals surface area contributed by atoms with E-state index in [1.807, 2.05) is 54.6 Å². The van der Waals surface area contributed by atoms with Crippen molar-refractivity contribution in [2.75, 3.05) is 41.9 Å². The van der Waals surface area contributed by atoms with Gasteiger partial charge in [0.25, 0.3) is 10.0 Å². The fourth-order valence-electron chi connectivity index (χ4n) is 4.68. The van der Waals surface area contributed by atoms with E-state index in [1.165, 1.54) is 4.31 Å². The van der Waals surface area contributed by atoms with E-state index in [0.717, 1.165) is 23.2 Å². The smallest absolute Gasteiger partial charge is 0.265 e. The van der Waals surface area contributed by atoms with Crippen molar-refractivity contribution >= 4 is 38.9 Å². The molecule has 2 aliphatic rings. The summed E-state index contributed by atoms with van der Waals surface area (Å²) in [5, 5.41) is 0.677. The van der Waals surface area contributed by atoms with Crippen LogP contribution in [-0.4, -0.2) is 51.9 Å². The van der Waals surface area contributed by atoms with Crippen LogP contribution in [0.5, 0.6) is 0 Å². The first-order valence-corrected chi connectivity index (χ1v) is 13.2. The van der Waals surface area contributed by atoms with Crippen molar-refractivity contribution in [3.8, 4) is 11.1 Å². The number of hydrogen-bond acceptors (Lipinski definition) is 4. The minimum atomic E-state index is -3.85. The zero-order chi connectivity index (χ0) is 23.9. The number of piperazine rings is 1. The number of nitrogens with zero attached hydrogens (tertiary/aromatic N) is 3. The number of aryl methyl sites for hydroxylation is 1. The second kappa shape index (κ2) is 8.96. The Labute approximate surface area is 205 Å². The summed E-state index contributed by atoms with van der Waals surface area (Å²) in [5.74, 6) is -0.195. The Morgan fingerprint density at radius 2 is 1.68 bits per heavy atom. The molecular formula is C26H26ClN3O3S. The number of rotatable bonds is 4. The van der Waals surface area contributed by atoms with Crippen LogP contribution in [0, 0.1) is 0 Å². The molecular weight excluding hydrogens is 470 g/mol. The molecule has 0 bridgehead atoms. The standard InChI is InChI=1S/C26H26ClN3O3S/c1-2-19-10-11-24-23(16-19)22-8-3-4-9-25(22)34(32,33)30(24)18-26(31)29-14-12-28(13-15-29)21-7-5-6-20(27)17-21/h3-11,16-17H,2,12-15,18H2,1H3. The molecule has 8 heteroatoms. The fraction of sp³-hybridized carbons (Fsp3) is 0.269. The van der Waals surface area contributed by atoms with Crippen LogP contribution in [0.2, 0.25) is 5.02 Å². The minimum absolute atomic E-state index is 0.195. The monoisotopic (exact) mass is 495 g/mol. The van der Waals surface area contributed by atoms with Crippen molar-refractivity contribution in [2.24, 2.45) is 0 Å². The summed E-state index contributed by atoms with van der Waals surface area (Å²) in [5.41, 5.74) is 4.24. The topological polar surface area (TPSA) is 60.9 Å². The molecule has 0 unspecified atom stereocenters. The average molecular weight is 496 g/mol. The summed E-state index contributed by atoms with van der Waals surface area (Å²) in [6.07, 6.45) is 0.845. The van der Waals surface area contributed by atoms with Gasteiger partial charge < -0.3 is 9.80 Å². The lowest BCUT2D eigenvalue weighted by Crippen LogP contribution is -2.52. The van der Waals surface area contributed by atoms with Gasteiger partial charge in [0.05, 0.1) is 10.6 Å². The van der Waals surface area contributed by atoms with Crippen LogP contribution in [0.4, 0.5) is 11.4 Å². The summed E-state index contributed by atoms with van der Waals surface area (Å²) in [4.78, 5) is 17.5. The Hall–Kier alpha value is -3.03. The normalized spacial score (nSPS) is 16.7. The van der Waals surface area contributed by atoms with Gasteiger partial charge in [-0.2, -0.15) is 0 Å². The highest BCUT2D eigenvalue weighted by Crippen LogP contribution is 2.43. The van der Waals surface area contributed by atoms with E-state index in [-0.39, 0.29) is 17.3 Å². The van der Waals surface area contributed by atoms with Gasteiger partial charge in [-0.15, -0.1) is 0 Å². The number of anilines is 2. The molecule has 0 N–H and O–H groups in total. The predicted octanol–water partition coefficient (Wildman–Crippen LogP) is 4.43. The molecule has 34 heavy (non-hydrogen) atoms. The summed E-state index contributed by atoms with van der Waals surface area (Å²) >= 11 is 6.12. The maximum Gasteiger partial charge on any atom is 0.265 e. The zero-order valence-electron chi connectivity index (χ0n) is 18.9. The van der Waals surface area contributed by atoms with Gasteiger partial charge in [0.1, 0.15) is 6.54 Å². The van der Waals surface area contributed by atoms with E-state index >= 15 is 0 Å². The number of fused-ring (bicyclic) bond motifs is 3. The van der Waals surface area contributed by atoms with E-state index in [4.69, 9.17) is 11.6 Å². The van der Waals surface area contributed by atoms with Crippen molar-refractivity contribution in [1.29, 1.82) is 0 Å². The van der Waals surface area contributed by atoms with Gasteiger partial charge in [0.2, 0.25) is 5.91 Å². The molecule has 1 amide bonds. The molecule has 1 fully saturated rings. The number of hydrogen-bond donors (Lipinski definition) is 0. The molecule has 5 rings (SSSR count). The van der Waals surface area contributed by atoms with E-state index in [0.29, 0.717) is 42.5 Å². The van der Waals surface area contributed by atoms with Gasteiger partial charge >= 0.3 is 0 Å². The van der Waals surface area contributed by atoms with Gasteiger partial charge in [-0.1, -0.05) is 48.9 Å². The summed E-state index contributed by atoms with van der Waals surface area (Å²) in [7, 11) is -3.85. The molecule has 0 radical (unpaired) electrons. The molecule has 0 aliphatic carbocycles. The van der Waals surface area contributed by atoms with Crippen molar-refractivity contribution in [3.63, 3.8) is 0 Å². The number of halogens is 1. The lowest BCUT2D eigenvalue weighted by atomic mass is 9.99. The van der Waals surface area contributed by atoms with Crippen molar-refractivity contribution in [3.05, 3.63) is 77.3 Å². The molecule has 2 aliphatic heterocycles. The van der Waals surface area contributed by atoms with E-state index < -0.39 is 10.0 Å². The molecule has 0 atom stereocenters. The Balaban J connectivity index is 1.39. The maximum atomic E-state index is 13.5. The predicted molar refractivity (Wildman–Crippen MR) is 136 cm³/mol. The van der Waals surface area contributed by atoms with Crippen molar-refractivity contribution in [1.82, 2.24) is 4.90 Å². The van der Waals surface area contributed by atoms with Crippen molar-refractivity contribution in [2.45, 2.75) is 18.2 Å². The van der Waals surface area contributed by atoms with Crippen LogP contribution >= 0.6 is 11.6 Å². The number of benzene rings is 3.